The van der Waals surface area contributed by atoms with Gasteiger partial charge in [-0.15, -0.1) is 0 Å². The van der Waals surface area contributed by atoms with E-state index in [4.69, 9.17) is 5.73 Å². The van der Waals surface area contributed by atoms with E-state index in [1.807, 2.05) is 41.3 Å². The summed E-state index contributed by atoms with van der Waals surface area (Å²) in [7, 11) is 3.28. The molecular weight excluding hydrogens is 480 g/mol. The minimum Gasteiger partial charge on any atom is -0.387 e. The maximum Gasteiger partial charge on any atom is 0.275 e. The molecule has 9 heteroatoms. The monoisotopic (exact) mass is 514 g/mol. The van der Waals surface area contributed by atoms with Crippen LogP contribution in [0.5, 0.6) is 0 Å². The molecule has 0 aliphatic carbocycles. The van der Waals surface area contributed by atoms with Gasteiger partial charge >= 0.3 is 0 Å². The fourth-order valence-corrected chi connectivity index (χ4v) is 4.51. The number of benzene rings is 2. The summed E-state index contributed by atoms with van der Waals surface area (Å²) < 4.78 is 1.18. The molecule has 0 saturated carbocycles. The summed E-state index contributed by atoms with van der Waals surface area (Å²) in [5, 5.41) is 5.36. The van der Waals surface area contributed by atoms with Crippen molar-refractivity contribution in [3.05, 3.63) is 64.1 Å². The Morgan fingerprint density at radius 2 is 1.71 bits per heavy atom. The molecule has 198 valence electrons. The SMILES string of the molecule is CCCN(CCC)C(=O)C1=Cc2ccc(-c3ccc4c(=O)n(CC(=O)N(C)C)ncc4c3)cc2N=C(N)C1. The number of nitrogens with zero attached hydrogens (tertiary/aromatic N) is 5. The van der Waals surface area contributed by atoms with Crippen molar-refractivity contribution >= 4 is 40.2 Å². The van der Waals surface area contributed by atoms with E-state index >= 15 is 0 Å². The normalized spacial score (nSPS) is 12.8. The van der Waals surface area contributed by atoms with Gasteiger partial charge < -0.3 is 15.5 Å². The molecule has 0 saturated heterocycles. The zero-order chi connectivity index (χ0) is 27.4. The maximum absolute atomic E-state index is 13.2. The lowest BCUT2D eigenvalue weighted by Crippen LogP contribution is -2.34. The summed E-state index contributed by atoms with van der Waals surface area (Å²) >= 11 is 0. The Labute approximate surface area is 222 Å². The number of likely N-dealkylation sites (N-methyl/N-ethyl adjacent to an activating group) is 1. The van der Waals surface area contributed by atoms with E-state index in [1.165, 1.54) is 9.58 Å². The molecule has 3 aromatic rings. The molecule has 0 fully saturated rings. The van der Waals surface area contributed by atoms with Crippen LogP contribution in [0.25, 0.3) is 28.0 Å². The molecule has 0 unspecified atom stereocenters. The molecule has 9 nitrogen and oxygen atoms in total. The number of aliphatic imine (C=N–C) groups is 1. The highest BCUT2D eigenvalue weighted by Crippen LogP contribution is 2.33. The van der Waals surface area contributed by atoms with Crippen molar-refractivity contribution in [2.75, 3.05) is 27.2 Å². The Morgan fingerprint density at radius 1 is 1.03 bits per heavy atom. The summed E-state index contributed by atoms with van der Waals surface area (Å²) in [6.45, 7) is 5.44. The fraction of sp³-hybridized carbons (Fsp3) is 0.345. The van der Waals surface area contributed by atoms with Gasteiger partial charge in [-0.05, 0) is 48.2 Å². The lowest BCUT2D eigenvalue weighted by Gasteiger charge is -2.22. The van der Waals surface area contributed by atoms with Crippen molar-refractivity contribution in [2.24, 2.45) is 10.7 Å². The quantitative estimate of drug-likeness (QED) is 0.494. The van der Waals surface area contributed by atoms with Crippen molar-refractivity contribution in [1.29, 1.82) is 0 Å². The zero-order valence-electron chi connectivity index (χ0n) is 22.4. The van der Waals surface area contributed by atoms with E-state index in [-0.39, 0.29) is 23.9 Å². The smallest absolute Gasteiger partial charge is 0.275 e. The Hall–Kier alpha value is -4.27. The molecule has 38 heavy (non-hydrogen) atoms. The second kappa shape index (κ2) is 11.4. The number of hydrogen-bond acceptors (Lipinski definition) is 6. The Balaban J connectivity index is 1.67. The van der Waals surface area contributed by atoms with Crippen molar-refractivity contribution in [1.82, 2.24) is 19.6 Å². The first-order valence-corrected chi connectivity index (χ1v) is 12.9. The van der Waals surface area contributed by atoms with Gasteiger partial charge in [-0.1, -0.05) is 32.0 Å². The van der Waals surface area contributed by atoms with Crippen LogP contribution in [0, 0.1) is 0 Å². The average Bonchev–Trinajstić information content (AvgIpc) is 3.06. The number of nitrogens with two attached hydrogens (primary N) is 1. The van der Waals surface area contributed by atoms with Gasteiger partial charge in [-0.3, -0.25) is 14.4 Å². The summed E-state index contributed by atoms with van der Waals surface area (Å²) in [5.74, 6) is 0.190. The standard InChI is InChI=1S/C29H34N6O3/c1-5-11-34(12-6-2)28(37)22-14-21-8-7-20(15-25(21)32-26(30)16-22)19-9-10-24-23(13-19)17-31-35(29(24)38)18-27(36)33(3)4/h7-10,13-15,17H,5-6,11-12,16,18H2,1-4H3,(H2,30,32). The molecule has 1 aliphatic heterocycles. The molecule has 1 aliphatic rings. The van der Waals surface area contributed by atoms with Gasteiger partial charge in [-0.25, -0.2) is 9.67 Å². The first-order chi connectivity index (χ1) is 18.2. The number of rotatable bonds is 8. The predicted octanol–water partition coefficient (Wildman–Crippen LogP) is 3.58. The predicted molar refractivity (Wildman–Crippen MR) is 151 cm³/mol. The van der Waals surface area contributed by atoms with Crippen LogP contribution in [-0.4, -0.2) is 64.4 Å². The van der Waals surface area contributed by atoms with Crippen molar-refractivity contribution in [2.45, 2.75) is 39.7 Å². The molecule has 1 aromatic heterocycles. The topological polar surface area (TPSA) is 114 Å². The van der Waals surface area contributed by atoms with Crippen LogP contribution in [0.3, 0.4) is 0 Å². The van der Waals surface area contributed by atoms with E-state index < -0.39 is 0 Å². The van der Waals surface area contributed by atoms with Crippen molar-refractivity contribution in [3.8, 4) is 11.1 Å². The van der Waals surface area contributed by atoms with Crippen LogP contribution in [0.1, 0.15) is 38.7 Å². The molecule has 2 heterocycles. The van der Waals surface area contributed by atoms with Crippen LogP contribution in [0.15, 0.2) is 58.0 Å². The summed E-state index contributed by atoms with van der Waals surface area (Å²) in [6, 6.07) is 11.4. The third-order valence-electron chi connectivity index (χ3n) is 6.51. The van der Waals surface area contributed by atoms with E-state index in [1.54, 1.807) is 26.4 Å². The van der Waals surface area contributed by atoms with Crippen LogP contribution in [-0.2, 0) is 16.1 Å². The number of amides is 2. The largest absolute Gasteiger partial charge is 0.387 e. The van der Waals surface area contributed by atoms with Crippen LogP contribution >= 0.6 is 0 Å². The van der Waals surface area contributed by atoms with Gasteiger partial charge in [-0.2, -0.15) is 5.10 Å². The second-order valence-electron chi connectivity index (χ2n) is 9.71. The number of carbonyl (C=O) groups excluding carboxylic acids is 2. The Morgan fingerprint density at radius 3 is 2.39 bits per heavy atom. The Bertz CT molecular complexity index is 1500. The highest BCUT2D eigenvalue weighted by Gasteiger charge is 2.21. The summed E-state index contributed by atoms with van der Waals surface area (Å²) in [4.78, 5) is 46.1. The van der Waals surface area contributed by atoms with Gasteiger partial charge in [0.05, 0.1) is 17.3 Å². The highest BCUT2D eigenvalue weighted by molar-refractivity contribution is 6.05. The summed E-state index contributed by atoms with van der Waals surface area (Å²) in [5.41, 5.74) is 9.88. The van der Waals surface area contributed by atoms with E-state index in [0.717, 1.165) is 29.5 Å². The molecule has 0 atom stereocenters. The first kappa shape index (κ1) is 26.8. The van der Waals surface area contributed by atoms with Crippen molar-refractivity contribution in [3.63, 3.8) is 0 Å². The maximum atomic E-state index is 13.2. The van der Waals surface area contributed by atoms with Crippen LogP contribution < -0.4 is 11.3 Å². The molecule has 2 amide bonds. The number of aromatic nitrogens is 2. The second-order valence-corrected chi connectivity index (χ2v) is 9.71. The number of fused-ring (bicyclic) bond motifs is 2. The molecule has 2 N–H and O–H groups in total. The lowest BCUT2D eigenvalue weighted by atomic mass is 9.99. The van der Waals surface area contributed by atoms with Gasteiger partial charge in [0.2, 0.25) is 11.8 Å². The fourth-order valence-electron chi connectivity index (χ4n) is 4.51. The highest BCUT2D eigenvalue weighted by atomic mass is 16.2. The van der Waals surface area contributed by atoms with Crippen molar-refractivity contribution < 1.29 is 9.59 Å². The molecule has 2 aromatic carbocycles. The van der Waals surface area contributed by atoms with E-state index in [9.17, 15) is 14.4 Å². The molecular formula is C29H34N6O3. The van der Waals surface area contributed by atoms with Crippen LogP contribution in [0.2, 0.25) is 0 Å². The molecule has 0 bridgehead atoms. The van der Waals surface area contributed by atoms with Gasteiger partial charge in [0.1, 0.15) is 12.4 Å². The average molecular weight is 515 g/mol. The Kier molecular flexibility index (Phi) is 8.05. The first-order valence-electron chi connectivity index (χ1n) is 12.9. The van der Waals surface area contributed by atoms with Gasteiger partial charge in [0.15, 0.2) is 0 Å². The third kappa shape index (κ3) is 5.66. The third-order valence-corrected chi connectivity index (χ3v) is 6.51. The number of hydrogen-bond donors (Lipinski definition) is 1. The number of amidine groups is 1. The lowest BCUT2D eigenvalue weighted by molar-refractivity contribution is -0.129. The number of carbonyl (C=O) groups is 2. The van der Waals surface area contributed by atoms with Gasteiger partial charge in [0.25, 0.3) is 5.56 Å². The van der Waals surface area contributed by atoms with E-state index in [0.29, 0.717) is 47.4 Å². The van der Waals surface area contributed by atoms with Crippen LogP contribution in [0.4, 0.5) is 5.69 Å². The summed E-state index contributed by atoms with van der Waals surface area (Å²) in [6.07, 6.45) is 5.58. The van der Waals surface area contributed by atoms with Gasteiger partial charge in [0, 0.05) is 50.1 Å². The molecule has 0 radical (unpaired) electrons. The molecule has 0 spiro atoms. The molecule has 4 rings (SSSR count). The minimum atomic E-state index is -0.314. The minimum absolute atomic E-state index is 0.00347. The zero-order valence-corrected chi connectivity index (χ0v) is 22.4. The van der Waals surface area contributed by atoms with E-state index in [2.05, 4.69) is 23.9 Å².